The van der Waals surface area contributed by atoms with Gasteiger partial charge >= 0.3 is 39.5 Å². The third-order valence-corrected chi connectivity index (χ3v) is 18.7. The topological polar surface area (TPSA) is 237 Å². The largest absolute Gasteiger partial charge is 0.472 e. The van der Waals surface area contributed by atoms with E-state index in [1.54, 1.807) is 0 Å². The van der Waals surface area contributed by atoms with Crippen molar-refractivity contribution in [2.45, 2.75) is 393 Å². The van der Waals surface area contributed by atoms with Gasteiger partial charge in [-0.05, 0) is 31.6 Å². The van der Waals surface area contributed by atoms with Crippen LogP contribution in [0, 0.1) is 5.92 Å². The second kappa shape index (κ2) is 65.4. The fourth-order valence-electron chi connectivity index (χ4n) is 11.0. The van der Waals surface area contributed by atoms with E-state index in [0.717, 1.165) is 96.3 Å². The van der Waals surface area contributed by atoms with Crippen LogP contribution in [0.15, 0.2) is 0 Å². The number of aliphatic hydroxyl groups is 1. The average molecular weight is 1340 g/mol. The highest BCUT2D eigenvalue weighted by atomic mass is 31.2. The molecule has 0 aromatic heterocycles. The minimum atomic E-state index is -4.95. The summed E-state index contributed by atoms with van der Waals surface area (Å²) in [5.74, 6) is -1.41. The van der Waals surface area contributed by atoms with Gasteiger partial charge in [0, 0.05) is 25.7 Å². The van der Waals surface area contributed by atoms with Crippen LogP contribution in [0.25, 0.3) is 0 Å². The molecule has 0 amide bonds. The number of phosphoric ester groups is 2. The molecule has 0 saturated heterocycles. The quantitative estimate of drug-likeness (QED) is 0.0222. The highest BCUT2D eigenvalue weighted by Crippen LogP contribution is 2.45. The lowest BCUT2D eigenvalue weighted by Gasteiger charge is -2.21. The Morgan fingerprint density at radius 3 is 0.747 bits per heavy atom. The van der Waals surface area contributed by atoms with Crippen molar-refractivity contribution in [3.8, 4) is 0 Å². The van der Waals surface area contributed by atoms with Gasteiger partial charge in [0.15, 0.2) is 12.2 Å². The minimum absolute atomic E-state index is 0.106. The number of unbranched alkanes of at least 4 members (excludes halogenated alkanes) is 44. The van der Waals surface area contributed by atoms with E-state index in [2.05, 4.69) is 34.6 Å². The molecule has 0 heterocycles. The standard InChI is InChI=1S/C72H140O17P2/c1-6-9-12-15-18-21-24-26-28-29-31-34-37-42-48-53-58-72(77)88-67(61-82-69(74)55-50-45-40-35-33-30-27-25-22-19-16-13-10-7-2)63-86-90(78,79)84-59-66(73)60-85-91(80,81)87-64-68(62-83-70(75)56-51-46-43-38-39-44-49-54-65(4)5)89-71(76)57-52-47-41-36-32-23-20-17-14-11-8-3/h65-68,73H,6-64H2,1-5H3,(H,78,79)(H,80,81)/t66-,67-,68-/m1/s1. The van der Waals surface area contributed by atoms with Crippen molar-refractivity contribution in [1.82, 2.24) is 0 Å². The predicted molar refractivity (Wildman–Crippen MR) is 368 cm³/mol. The zero-order chi connectivity index (χ0) is 67.0. The maximum Gasteiger partial charge on any atom is 0.472 e. The lowest BCUT2D eigenvalue weighted by Crippen LogP contribution is -2.30. The minimum Gasteiger partial charge on any atom is -0.462 e. The molecule has 5 atom stereocenters. The Kier molecular flexibility index (Phi) is 64.0. The molecule has 19 heteroatoms. The van der Waals surface area contributed by atoms with Gasteiger partial charge in [-0.1, -0.05) is 324 Å². The van der Waals surface area contributed by atoms with Crippen molar-refractivity contribution in [2.24, 2.45) is 5.92 Å². The van der Waals surface area contributed by atoms with Crippen LogP contribution in [-0.4, -0.2) is 96.7 Å². The fraction of sp³-hybridized carbons (Fsp3) is 0.944. The van der Waals surface area contributed by atoms with E-state index in [9.17, 15) is 43.2 Å². The first-order chi connectivity index (χ1) is 44.0. The number of ether oxygens (including phenoxy) is 4. The number of esters is 4. The van der Waals surface area contributed by atoms with Gasteiger partial charge in [0.1, 0.15) is 19.3 Å². The molecule has 0 saturated carbocycles. The molecule has 0 rings (SSSR count). The molecule has 0 aliphatic heterocycles. The molecule has 17 nitrogen and oxygen atoms in total. The van der Waals surface area contributed by atoms with Crippen LogP contribution in [0.5, 0.6) is 0 Å². The van der Waals surface area contributed by atoms with E-state index in [1.807, 2.05) is 0 Å². The summed E-state index contributed by atoms with van der Waals surface area (Å²) >= 11 is 0. The summed E-state index contributed by atoms with van der Waals surface area (Å²) in [6.07, 6.45) is 52.7. The van der Waals surface area contributed by atoms with E-state index in [-0.39, 0.29) is 25.7 Å². The van der Waals surface area contributed by atoms with Crippen molar-refractivity contribution in [2.75, 3.05) is 39.6 Å². The summed E-state index contributed by atoms with van der Waals surface area (Å²) in [6.45, 7) is 7.21. The summed E-state index contributed by atoms with van der Waals surface area (Å²) in [5.41, 5.74) is 0. The highest BCUT2D eigenvalue weighted by Gasteiger charge is 2.30. The van der Waals surface area contributed by atoms with Crippen LogP contribution in [-0.2, 0) is 65.4 Å². The molecule has 2 unspecified atom stereocenters. The van der Waals surface area contributed by atoms with Gasteiger partial charge in [0.2, 0.25) is 0 Å². The van der Waals surface area contributed by atoms with Crippen molar-refractivity contribution in [3.63, 3.8) is 0 Å². The zero-order valence-corrected chi connectivity index (χ0v) is 60.8. The maximum absolute atomic E-state index is 13.0. The Hall–Kier alpha value is -1.94. The number of hydrogen-bond donors (Lipinski definition) is 3. The third kappa shape index (κ3) is 66.5. The van der Waals surface area contributed by atoms with Crippen LogP contribution >= 0.6 is 15.6 Å². The Morgan fingerprint density at radius 1 is 0.297 bits per heavy atom. The number of phosphoric acid groups is 2. The van der Waals surface area contributed by atoms with Crippen LogP contribution < -0.4 is 0 Å². The molecule has 3 N–H and O–H groups in total. The molecule has 0 radical (unpaired) electrons. The van der Waals surface area contributed by atoms with Gasteiger partial charge in [-0.3, -0.25) is 37.3 Å². The monoisotopic (exact) mass is 1340 g/mol. The highest BCUT2D eigenvalue weighted by molar-refractivity contribution is 7.47. The van der Waals surface area contributed by atoms with E-state index < -0.39 is 97.5 Å². The van der Waals surface area contributed by atoms with Crippen LogP contribution in [0.3, 0.4) is 0 Å². The molecular weight excluding hydrogens is 1200 g/mol. The summed E-state index contributed by atoms with van der Waals surface area (Å²) in [4.78, 5) is 72.6. The van der Waals surface area contributed by atoms with E-state index in [1.165, 1.54) is 193 Å². The van der Waals surface area contributed by atoms with Crippen molar-refractivity contribution < 1.29 is 80.2 Å². The van der Waals surface area contributed by atoms with E-state index in [0.29, 0.717) is 31.6 Å². The number of aliphatic hydroxyl groups excluding tert-OH is 1. The van der Waals surface area contributed by atoms with Gasteiger partial charge in [0.05, 0.1) is 26.4 Å². The fourth-order valence-corrected chi connectivity index (χ4v) is 12.6. The first kappa shape index (κ1) is 89.1. The zero-order valence-electron chi connectivity index (χ0n) is 59.0. The second-order valence-electron chi connectivity index (χ2n) is 26.5. The molecule has 0 bridgehead atoms. The molecule has 0 aromatic carbocycles. The lowest BCUT2D eigenvalue weighted by atomic mass is 10.0. The van der Waals surface area contributed by atoms with Gasteiger partial charge in [-0.25, -0.2) is 9.13 Å². The lowest BCUT2D eigenvalue weighted by molar-refractivity contribution is -0.161. The summed E-state index contributed by atoms with van der Waals surface area (Å²) < 4.78 is 68.4. The third-order valence-electron chi connectivity index (χ3n) is 16.8. The number of rotatable bonds is 72. The number of carbonyl (C=O) groups excluding carboxylic acids is 4. The first-order valence-electron chi connectivity index (χ1n) is 37.6. The molecule has 540 valence electrons. The Morgan fingerprint density at radius 2 is 0.505 bits per heavy atom. The van der Waals surface area contributed by atoms with Crippen molar-refractivity contribution in [1.29, 1.82) is 0 Å². The number of hydrogen-bond acceptors (Lipinski definition) is 15. The second-order valence-corrected chi connectivity index (χ2v) is 29.4. The molecule has 0 aromatic rings. The SMILES string of the molecule is CCCCCCCCCCCCCCCCCCC(=O)O[C@H](COC(=O)CCCCCCCCCCCCCCCC)COP(=O)(O)OC[C@@H](O)COP(=O)(O)OC[C@@H](COC(=O)CCCCCCCCCC(C)C)OC(=O)CCCCCCCCCCCCC. The normalized spacial score (nSPS) is 14.0. The van der Waals surface area contributed by atoms with E-state index >= 15 is 0 Å². The van der Waals surface area contributed by atoms with Crippen molar-refractivity contribution >= 4 is 39.5 Å². The average Bonchev–Trinajstić information content (AvgIpc) is 2.15. The van der Waals surface area contributed by atoms with Crippen LogP contribution in [0.4, 0.5) is 0 Å². The Bertz CT molecular complexity index is 1750. The maximum atomic E-state index is 13.0. The molecule has 0 fully saturated rings. The summed E-state index contributed by atoms with van der Waals surface area (Å²) in [6, 6.07) is 0. The Labute approximate surface area is 556 Å². The molecule has 0 aliphatic carbocycles. The molecule has 0 spiro atoms. The molecular formula is C72H140O17P2. The van der Waals surface area contributed by atoms with Gasteiger partial charge in [0.25, 0.3) is 0 Å². The Balaban J connectivity index is 5.24. The van der Waals surface area contributed by atoms with Crippen molar-refractivity contribution in [3.05, 3.63) is 0 Å². The molecule has 91 heavy (non-hydrogen) atoms. The smallest absolute Gasteiger partial charge is 0.462 e. The van der Waals surface area contributed by atoms with E-state index in [4.69, 9.17) is 37.0 Å². The summed E-state index contributed by atoms with van der Waals surface area (Å²) in [7, 11) is -9.90. The number of carbonyl (C=O) groups is 4. The first-order valence-corrected chi connectivity index (χ1v) is 40.6. The van der Waals surface area contributed by atoms with Gasteiger partial charge in [-0.2, -0.15) is 0 Å². The van der Waals surface area contributed by atoms with Crippen LogP contribution in [0.1, 0.15) is 375 Å². The molecule has 0 aliphatic rings. The predicted octanol–water partition coefficient (Wildman–Crippen LogP) is 20.9. The van der Waals surface area contributed by atoms with Gasteiger partial charge < -0.3 is 33.8 Å². The van der Waals surface area contributed by atoms with Crippen LogP contribution in [0.2, 0.25) is 0 Å². The summed E-state index contributed by atoms with van der Waals surface area (Å²) in [5, 5.41) is 10.6. The van der Waals surface area contributed by atoms with Gasteiger partial charge in [-0.15, -0.1) is 0 Å².